The molecule has 31 heavy (non-hydrogen) atoms. The van der Waals surface area contributed by atoms with E-state index in [-0.39, 0.29) is 5.56 Å². The van der Waals surface area contributed by atoms with Crippen molar-refractivity contribution in [3.63, 3.8) is 0 Å². The molecule has 0 bridgehead atoms. The second-order valence-electron chi connectivity index (χ2n) is 8.95. The molecule has 1 saturated carbocycles. The third kappa shape index (κ3) is 5.60. The van der Waals surface area contributed by atoms with Crippen LogP contribution in [0.25, 0.3) is 21.3 Å². The summed E-state index contributed by atoms with van der Waals surface area (Å²) in [5.74, 6) is 1.10. The molecule has 0 radical (unpaired) electrons. The van der Waals surface area contributed by atoms with Crippen molar-refractivity contribution >= 4 is 21.6 Å². The summed E-state index contributed by atoms with van der Waals surface area (Å²) in [4.78, 5) is 23.6. The van der Waals surface area contributed by atoms with Gasteiger partial charge in [0, 0.05) is 30.1 Å². The Morgan fingerprint density at radius 2 is 2.00 bits per heavy atom. The van der Waals surface area contributed by atoms with Crippen LogP contribution in [-0.2, 0) is 11.3 Å². The Bertz CT molecular complexity index is 1070. The molecule has 1 unspecified atom stereocenters. The first-order valence-electron chi connectivity index (χ1n) is 11.0. The number of rotatable bonds is 10. The van der Waals surface area contributed by atoms with E-state index in [9.17, 15) is 9.90 Å². The number of H-pyrrole nitrogens is 1. The van der Waals surface area contributed by atoms with Crippen LogP contribution in [0.2, 0.25) is 0 Å². The Kier molecular flexibility index (Phi) is 6.86. The maximum absolute atomic E-state index is 12.9. The molecule has 1 aromatic carbocycles. The predicted octanol–water partition coefficient (Wildman–Crippen LogP) is 3.96. The number of thiophene rings is 1. The Morgan fingerprint density at radius 3 is 2.68 bits per heavy atom. The van der Waals surface area contributed by atoms with Crippen LogP contribution >= 0.6 is 11.3 Å². The zero-order valence-corrected chi connectivity index (χ0v) is 19.2. The van der Waals surface area contributed by atoms with Crippen LogP contribution in [0, 0.1) is 12.8 Å². The van der Waals surface area contributed by atoms with E-state index in [2.05, 4.69) is 42.8 Å². The summed E-state index contributed by atoms with van der Waals surface area (Å²) in [5, 5.41) is 13.1. The van der Waals surface area contributed by atoms with Crippen molar-refractivity contribution in [1.29, 1.82) is 0 Å². The lowest BCUT2D eigenvalue weighted by molar-refractivity contribution is 0.00510. The largest absolute Gasteiger partial charge is 0.389 e. The predicted molar refractivity (Wildman–Crippen MR) is 126 cm³/mol. The number of aliphatic hydroxyl groups excluding tert-OH is 1. The van der Waals surface area contributed by atoms with E-state index in [1.807, 2.05) is 17.5 Å². The molecule has 6 nitrogen and oxygen atoms in total. The number of aryl methyl sites for hydroxylation is 1. The zero-order valence-electron chi connectivity index (χ0n) is 18.4. The van der Waals surface area contributed by atoms with Gasteiger partial charge < -0.3 is 14.8 Å². The molecule has 7 heteroatoms. The minimum absolute atomic E-state index is 0.103. The topological polar surface area (TPSA) is 78.5 Å². The summed E-state index contributed by atoms with van der Waals surface area (Å²) in [6, 6.07) is 8.63. The molecule has 2 N–H and O–H groups in total. The fraction of sp³-hybridized carbons (Fsp3) is 0.500. The maximum Gasteiger partial charge on any atom is 0.260 e. The van der Waals surface area contributed by atoms with Gasteiger partial charge in [0.25, 0.3) is 5.56 Å². The van der Waals surface area contributed by atoms with Gasteiger partial charge in [-0.05, 0) is 31.2 Å². The summed E-state index contributed by atoms with van der Waals surface area (Å²) in [6.45, 7) is 8.25. The summed E-state index contributed by atoms with van der Waals surface area (Å²) in [6.07, 6.45) is 1.68. The van der Waals surface area contributed by atoms with Crippen LogP contribution in [-0.4, -0.2) is 51.9 Å². The molecular weight excluding hydrogens is 410 g/mol. The van der Waals surface area contributed by atoms with Crippen molar-refractivity contribution in [2.45, 2.75) is 52.3 Å². The van der Waals surface area contributed by atoms with Crippen molar-refractivity contribution in [3.05, 3.63) is 51.4 Å². The molecule has 0 saturated heterocycles. The van der Waals surface area contributed by atoms with Gasteiger partial charge in [-0.2, -0.15) is 0 Å². The number of hydrogen-bond donors (Lipinski definition) is 2. The molecular formula is C24H31N3O3S. The van der Waals surface area contributed by atoms with Crippen LogP contribution in [0.15, 0.2) is 34.4 Å². The number of hydrogen-bond acceptors (Lipinski definition) is 6. The maximum atomic E-state index is 12.9. The second-order valence-corrected chi connectivity index (χ2v) is 9.81. The minimum Gasteiger partial charge on any atom is -0.389 e. The van der Waals surface area contributed by atoms with Crippen molar-refractivity contribution in [2.24, 2.45) is 5.92 Å². The van der Waals surface area contributed by atoms with Crippen LogP contribution in [0.1, 0.15) is 38.1 Å². The van der Waals surface area contributed by atoms with Gasteiger partial charge in [0.1, 0.15) is 10.7 Å². The molecule has 166 valence electrons. The van der Waals surface area contributed by atoms with Crippen LogP contribution in [0.3, 0.4) is 0 Å². The van der Waals surface area contributed by atoms with E-state index < -0.39 is 6.10 Å². The number of ether oxygens (including phenoxy) is 1. The zero-order chi connectivity index (χ0) is 22.0. The number of benzene rings is 1. The summed E-state index contributed by atoms with van der Waals surface area (Å²) in [5.41, 5.74) is 3.04. The molecule has 1 atom stereocenters. The highest BCUT2D eigenvalue weighted by Crippen LogP contribution is 2.32. The van der Waals surface area contributed by atoms with E-state index >= 15 is 0 Å². The third-order valence-electron chi connectivity index (χ3n) is 5.48. The van der Waals surface area contributed by atoms with Gasteiger partial charge in [0.2, 0.25) is 0 Å². The van der Waals surface area contributed by atoms with Crippen molar-refractivity contribution in [2.75, 3.05) is 19.8 Å². The molecule has 0 amide bonds. The van der Waals surface area contributed by atoms with Crippen LogP contribution in [0.4, 0.5) is 0 Å². The fourth-order valence-corrected chi connectivity index (χ4v) is 4.72. The van der Waals surface area contributed by atoms with Crippen LogP contribution < -0.4 is 5.56 Å². The Balaban J connectivity index is 1.50. The van der Waals surface area contributed by atoms with Gasteiger partial charge in [0.15, 0.2) is 0 Å². The lowest BCUT2D eigenvalue weighted by Crippen LogP contribution is -2.37. The monoisotopic (exact) mass is 441 g/mol. The Hall–Kier alpha value is -2.06. The van der Waals surface area contributed by atoms with Crippen LogP contribution in [0.5, 0.6) is 0 Å². The van der Waals surface area contributed by atoms with Gasteiger partial charge in [-0.1, -0.05) is 43.7 Å². The SMILES string of the molecule is Cc1ccc(-c2csc3nc(CN(CC(O)COCC(C)C)C4CC4)[nH]c(=O)c23)cc1. The summed E-state index contributed by atoms with van der Waals surface area (Å²) < 4.78 is 5.59. The number of nitrogens with zero attached hydrogens (tertiary/aromatic N) is 2. The lowest BCUT2D eigenvalue weighted by atomic mass is 10.1. The van der Waals surface area contributed by atoms with Crippen molar-refractivity contribution in [3.8, 4) is 11.1 Å². The standard InChI is InChI=1S/C24H31N3O3S/c1-15(2)12-30-13-19(28)10-27(18-8-9-18)11-21-25-23(29)22-20(14-31-24(22)26-21)17-6-4-16(3)5-7-17/h4-7,14-15,18-19,28H,8-13H2,1-3H3,(H,25,26,29). The summed E-state index contributed by atoms with van der Waals surface area (Å²) in [7, 11) is 0. The molecule has 0 spiro atoms. The Morgan fingerprint density at radius 1 is 1.26 bits per heavy atom. The highest BCUT2D eigenvalue weighted by atomic mass is 32.1. The minimum atomic E-state index is -0.551. The second kappa shape index (κ2) is 9.61. The van der Waals surface area contributed by atoms with E-state index in [1.165, 1.54) is 16.9 Å². The molecule has 1 aliphatic carbocycles. The van der Waals surface area contributed by atoms with E-state index in [4.69, 9.17) is 9.72 Å². The number of aliphatic hydroxyl groups is 1. The molecule has 2 aromatic heterocycles. The normalized spacial score (nSPS) is 15.3. The number of fused-ring (bicyclic) bond motifs is 1. The molecule has 2 heterocycles. The Labute approximate surface area is 186 Å². The number of aromatic nitrogens is 2. The van der Waals surface area contributed by atoms with E-state index in [0.717, 1.165) is 28.8 Å². The first-order chi connectivity index (χ1) is 14.9. The van der Waals surface area contributed by atoms with Gasteiger partial charge in [0.05, 0.1) is 24.6 Å². The molecule has 1 aliphatic rings. The van der Waals surface area contributed by atoms with Crippen molar-refractivity contribution in [1.82, 2.24) is 14.9 Å². The average Bonchev–Trinajstić information content (AvgIpc) is 3.47. The van der Waals surface area contributed by atoms with Gasteiger partial charge in [-0.25, -0.2) is 4.98 Å². The van der Waals surface area contributed by atoms with Gasteiger partial charge in [-0.15, -0.1) is 11.3 Å². The van der Waals surface area contributed by atoms with Gasteiger partial charge in [-0.3, -0.25) is 9.69 Å². The molecule has 0 aliphatic heterocycles. The van der Waals surface area contributed by atoms with E-state index in [0.29, 0.717) is 49.5 Å². The molecule has 1 fully saturated rings. The fourth-order valence-electron chi connectivity index (χ4n) is 3.75. The first kappa shape index (κ1) is 22.1. The smallest absolute Gasteiger partial charge is 0.260 e. The number of aromatic amines is 1. The quantitative estimate of drug-likeness (QED) is 0.498. The first-order valence-corrected chi connectivity index (χ1v) is 11.9. The average molecular weight is 442 g/mol. The van der Waals surface area contributed by atoms with E-state index in [1.54, 1.807) is 0 Å². The number of nitrogens with one attached hydrogen (secondary N) is 1. The third-order valence-corrected chi connectivity index (χ3v) is 6.35. The lowest BCUT2D eigenvalue weighted by Gasteiger charge is -2.24. The van der Waals surface area contributed by atoms with Crippen molar-refractivity contribution < 1.29 is 9.84 Å². The summed E-state index contributed by atoms with van der Waals surface area (Å²) >= 11 is 1.50. The molecule has 3 aromatic rings. The highest BCUT2D eigenvalue weighted by Gasteiger charge is 2.31. The highest BCUT2D eigenvalue weighted by molar-refractivity contribution is 7.17. The molecule has 4 rings (SSSR count). The van der Waals surface area contributed by atoms with Gasteiger partial charge >= 0.3 is 0 Å².